The Morgan fingerprint density at radius 3 is 2.72 bits per heavy atom. The fourth-order valence-corrected chi connectivity index (χ4v) is 3.28. The van der Waals surface area contributed by atoms with Crippen LogP contribution in [0.4, 0.5) is 0 Å². The molecule has 1 heterocycles. The molecule has 0 radical (unpaired) electrons. The molecule has 6 nitrogen and oxygen atoms in total. The molecule has 0 fully saturated rings. The average Bonchev–Trinajstić information content (AvgIpc) is 2.98. The van der Waals surface area contributed by atoms with Gasteiger partial charge in [0, 0.05) is 17.7 Å². The largest absolute Gasteiger partial charge is 0.494 e. The summed E-state index contributed by atoms with van der Waals surface area (Å²) in [5.74, 6) is 1.49. The first-order chi connectivity index (χ1) is 11.8. The van der Waals surface area contributed by atoms with Gasteiger partial charge in [-0.1, -0.05) is 38.6 Å². The summed E-state index contributed by atoms with van der Waals surface area (Å²) in [6.45, 7) is 9.88. The van der Waals surface area contributed by atoms with E-state index in [0.717, 1.165) is 29.7 Å². The molecule has 1 N–H and O–H groups in total. The summed E-state index contributed by atoms with van der Waals surface area (Å²) in [7, 11) is 0. The number of carboxylic acid groups (broad SMARTS) is 1. The second-order valence-electron chi connectivity index (χ2n) is 6.68. The minimum absolute atomic E-state index is 0.0277. The number of rotatable bonds is 8. The molecule has 0 unspecified atom stereocenters. The summed E-state index contributed by atoms with van der Waals surface area (Å²) < 4.78 is 7.79. The van der Waals surface area contributed by atoms with Crippen LogP contribution < -0.4 is 4.74 Å². The maximum atomic E-state index is 10.9. The van der Waals surface area contributed by atoms with Crippen molar-refractivity contribution >= 4 is 17.7 Å². The standard InChI is InChI=1S/C18H25N3O3S/c1-5-21-16(18(2,3)4)19-20-17(21)25-11-7-10-24-14-9-6-8-13(12-14)15(22)23/h6,8-9,12H,5,7,10-11H2,1-4H3,(H,22,23). The zero-order valence-corrected chi connectivity index (χ0v) is 16.0. The van der Waals surface area contributed by atoms with Crippen LogP contribution >= 0.6 is 11.8 Å². The minimum Gasteiger partial charge on any atom is -0.494 e. The molecule has 0 aliphatic carbocycles. The Morgan fingerprint density at radius 2 is 2.08 bits per heavy atom. The molecule has 1 aromatic heterocycles. The van der Waals surface area contributed by atoms with E-state index < -0.39 is 5.97 Å². The molecule has 0 saturated heterocycles. The first kappa shape index (κ1) is 19.3. The quantitative estimate of drug-likeness (QED) is 0.567. The molecule has 2 rings (SSSR count). The van der Waals surface area contributed by atoms with Gasteiger partial charge < -0.3 is 14.4 Å². The summed E-state index contributed by atoms with van der Waals surface area (Å²) >= 11 is 1.67. The normalized spacial score (nSPS) is 11.5. The van der Waals surface area contributed by atoms with Gasteiger partial charge in [-0.2, -0.15) is 0 Å². The van der Waals surface area contributed by atoms with Gasteiger partial charge in [0.25, 0.3) is 0 Å². The second kappa shape index (κ2) is 8.38. The Kier molecular flexibility index (Phi) is 6.47. The highest BCUT2D eigenvalue weighted by Crippen LogP contribution is 2.25. The molecule has 7 heteroatoms. The molecule has 1 aromatic carbocycles. The van der Waals surface area contributed by atoms with Crippen molar-refractivity contribution in [2.45, 2.75) is 51.2 Å². The number of carbonyl (C=O) groups is 1. The lowest BCUT2D eigenvalue weighted by atomic mass is 9.96. The Bertz CT molecular complexity index is 723. The fraction of sp³-hybridized carbons (Fsp3) is 0.500. The van der Waals surface area contributed by atoms with Crippen LogP contribution in [0.3, 0.4) is 0 Å². The van der Waals surface area contributed by atoms with Crippen LogP contribution in [0.5, 0.6) is 5.75 Å². The van der Waals surface area contributed by atoms with E-state index in [0.29, 0.717) is 12.4 Å². The number of hydrogen-bond donors (Lipinski definition) is 1. The third-order valence-electron chi connectivity index (χ3n) is 3.57. The number of aromatic carboxylic acids is 1. The number of carboxylic acids is 1. The molecule has 25 heavy (non-hydrogen) atoms. The summed E-state index contributed by atoms with van der Waals surface area (Å²) in [5.41, 5.74) is 0.206. The van der Waals surface area contributed by atoms with Crippen LogP contribution in [0.25, 0.3) is 0 Å². The molecule has 0 saturated carbocycles. The molecule has 0 atom stereocenters. The van der Waals surface area contributed by atoms with Crippen molar-refractivity contribution in [1.29, 1.82) is 0 Å². The summed E-state index contributed by atoms with van der Waals surface area (Å²) in [6, 6.07) is 6.54. The van der Waals surface area contributed by atoms with Gasteiger partial charge in [0.2, 0.25) is 0 Å². The van der Waals surface area contributed by atoms with E-state index in [1.807, 2.05) is 0 Å². The summed E-state index contributed by atoms with van der Waals surface area (Å²) in [4.78, 5) is 10.9. The molecule has 0 aliphatic heterocycles. The fourth-order valence-electron chi connectivity index (χ4n) is 2.37. The number of thioether (sulfide) groups is 1. The van der Waals surface area contributed by atoms with E-state index in [2.05, 4.69) is 42.5 Å². The number of ether oxygens (including phenoxy) is 1. The number of hydrogen-bond acceptors (Lipinski definition) is 5. The van der Waals surface area contributed by atoms with Crippen molar-refractivity contribution in [3.8, 4) is 5.75 Å². The average molecular weight is 363 g/mol. The Morgan fingerprint density at radius 1 is 1.32 bits per heavy atom. The summed E-state index contributed by atoms with van der Waals surface area (Å²) in [5, 5.41) is 18.6. The number of benzene rings is 1. The minimum atomic E-state index is -0.949. The third kappa shape index (κ3) is 5.22. The summed E-state index contributed by atoms with van der Waals surface area (Å²) in [6.07, 6.45) is 0.837. The SMILES string of the molecule is CCn1c(SCCCOc2cccc(C(=O)O)c2)nnc1C(C)(C)C. The van der Waals surface area contributed by atoms with Crippen LogP contribution in [-0.2, 0) is 12.0 Å². The molecular weight excluding hydrogens is 338 g/mol. The molecule has 0 aliphatic rings. The van der Waals surface area contributed by atoms with E-state index in [1.165, 1.54) is 0 Å². The predicted octanol–water partition coefficient (Wildman–Crippen LogP) is 3.85. The zero-order valence-electron chi connectivity index (χ0n) is 15.2. The number of aromatic nitrogens is 3. The van der Waals surface area contributed by atoms with Crippen LogP contribution in [0, 0.1) is 0 Å². The van der Waals surface area contributed by atoms with Crippen molar-refractivity contribution in [1.82, 2.24) is 14.8 Å². The van der Waals surface area contributed by atoms with Crippen LogP contribution in [0.2, 0.25) is 0 Å². The predicted molar refractivity (Wildman–Crippen MR) is 98.6 cm³/mol. The lowest BCUT2D eigenvalue weighted by Crippen LogP contribution is -2.19. The molecular formula is C18H25N3O3S. The monoisotopic (exact) mass is 363 g/mol. The van der Waals surface area contributed by atoms with Crippen molar-refractivity contribution in [2.75, 3.05) is 12.4 Å². The maximum Gasteiger partial charge on any atom is 0.335 e. The van der Waals surface area contributed by atoms with E-state index in [4.69, 9.17) is 9.84 Å². The van der Waals surface area contributed by atoms with Crippen molar-refractivity contribution in [3.63, 3.8) is 0 Å². The van der Waals surface area contributed by atoms with Crippen molar-refractivity contribution < 1.29 is 14.6 Å². The van der Waals surface area contributed by atoms with Gasteiger partial charge in [-0.25, -0.2) is 4.79 Å². The first-order valence-electron chi connectivity index (χ1n) is 8.35. The molecule has 0 spiro atoms. The van der Waals surface area contributed by atoms with Gasteiger partial charge in [-0.15, -0.1) is 10.2 Å². The van der Waals surface area contributed by atoms with Gasteiger partial charge >= 0.3 is 5.97 Å². The lowest BCUT2D eigenvalue weighted by molar-refractivity contribution is 0.0696. The van der Waals surface area contributed by atoms with Crippen LogP contribution in [-0.4, -0.2) is 38.2 Å². The highest BCUT2D eigenvalue weighted by atomic mass is 32.2. The first-order valence-corrected chi connectivity index (χ1v) is 9.34. The Balaban J connectivity index is 1.83. The van der Waals surface area contributed by atoms with Crippen molar-refractivity contribution in [2.24, 2.45) is 0 Å². The topological polar surface area (TPSA) is 77.2 Å². The molecule has 2 aromatic rings. The Hall–Kier alpha value is -2.02. The van der Waals surface area contributed by atoms with Gasteiger partial charge in [-0.05, 0) is 31.5 Å². The second-order valence-corrected chi connectivity index (χ2v) is 7.75. The van der Waals surface area contributed by atoms with Gasteiger partial charge in [0.05, 0.1) is 12.2 Å². The van der Waals surface area contributed by atoms with Crippen LogP contribution in [0.15, 0.2) is 29.4 Å². The Labute approximate surface area is 152 Å². The van der Waals surface area contributed by atoms with Gasteiger partial charge in [0.1, 0.15) is 11.6 Å². The van der Waals surface area contributed by atoms with E-state index in [1.54, 1.807) is 36.0 Å². The zero-order chi connectivity index (χ0) is 18.4. The van der Waals surface area contributed by atoms with E-state index in [-0.39, 0.29) is 11.0 Å². The van der Waals surface area contributed by atoms with Gasteiger partial charge in [0.15, 0.2) is 5.16 Å². The lowest BCUT2D eigenvalue weighted by Gasteiger charge is -2.18. The number of nitrogens with zero attached hydrogens (tertiary/aromatic N) is 3. The van der Waals surface area contributed by atoms with E-state index in [9.17, 15) is 4.79 Å². The van der Waals surface area contributed by atoms with Crippen molar-refractivity contribution in [3.05, 3.63) is 35.7 Å². The molecule has 0 amide bonds. The van der Waals surface area contributed by atoms with Crippen LogP contribution in [0.1, 0.15) is 50.3 Å². The smallest absolute Gasteiger partial charge is 0.335 e. The molecule has 136 valence electrons. The van der Waals surface area contributed by atoms with E-state index >= 15 is 0 Å². The van der Waals surface area contributed by atoms with Gasteiger partial charge in [-0.3, -0.25) is 0 Å². The molecule has 0 bridgehead atoms. The highest BCUT2D eigenvalue weighted by Gasteiger charge is 2.23. The third-order valence-corrected chi connectivity index (χ3v) is 4.63. The maximum absolute atomic E-state index is 10.9. The highest BCUT2D eigenvalue weighted by molar-refractivity contribution is 7.99.